The second-order valence-electron chi connectivity index (χ2n) is 6.93. The highest BCUT2D eigenvalue weighted by molar-refractivity contribution is 14.0. The van der Waals surface area contributed by atoms with Crippen LogP contribution in [0.4, 0.5) is 13.2 Å². The molecule has 0 aliphatic carbocycles. The summed E-state index contributed by atoms with van der Waals surface area (Å²) in [5.74, 6) is 1.01. The topological polar surface area (TPSA) is 46.1 Å². The van der Waals surface area contributed by atoms with E-state index in [9.17, 15) is 13.2 Å². The minimum atomic E-state index is -4.34. The van der Waals surface area contributed by atoms with E-state index in [-0.39, 0.29) is 35.1 Å². The molecule has 2 saturated heterocycles. The van der Waals surface area contributed by atoms with Gasteiger partial charge in [0.25, 0.3) is 0 Å². The molecule has 0 aromatic heterocycles. The zero-order chi connectivity index (χ0) is 18.6. The Balaban J connectivity index is 0.00000261. The minimum absolute atomic E-state index is 0. The molecular weight excluding hydrogens is 474 g/mol. The predicted molar refractivity (Wildman–Crippen MR) is 108 cm³/mol. The summed E-state index contributed by atoms with van der Waals surface area (Å²) in [5.41, 5.74) is 1.08. The lowest BCUT2D eigenvalue weighted by Crippen LogP contribution is -2.41. The highest BCUT2D eigenvalue weighted by atomic mass is 127. The third-order valence-corrected chi connectivity index (χ3v) is 4.89. The number of nitrogens with one attached hydrogen (secondary N) is 1. The first kappa shape index (κ1) is 22.1. The van der Waals surface area contributed by atoms with Crippen LogP contribution in [0.1, 0.15) is 18.4 Å². The minimum Gasteiger partial charge on any atom is -0.484 e. The van der Waals surface area contributed by atoms with Gasteiger partial charge in [-0.1, -0.05) is 12.1 Å². The van der Waals surface area contributed by atoms with Crippen molar-refractivity contribution in [2.24, 2.45) is 10.4 Å². The lowest BCUT2D eigenvalue weighted by atomic mass is 9.87. The van der Waals surface area contributed by atoms with Crippen LogP contribution in [0, 0.1) is 5.41 Å². The molecule has 1 atom stereocenters. The first-order chi connectivity index (χ1) is 12.4. The number of hydrogen-bond acceptors (Lipinski definition) is 3. The molecule has 1 unspecified atom stereocenters. The van der Waals surface area contributed by atoms with Crippen molar-refractivity contribution in [1.29, 1.82) is 0 Å². The van der Waals surface area contributed by atoms with Crippen LogP contribution in [-0.2, 0) is 11.3 Å². The maximum Gasteiger partial charge on any atom is 0.422 e. The normalized spacial score (nSPS) is 22.8. The Hall–Kier alpha value is -1.23. The SMILES string of the molecule is CN=C(NCc1cccc(OCC(F)(F)F)c1)N1CCC2(CCOC2)C1.I. The summed E-state index contributed by atoms with van der Waals surface area (Å²) in [7, 11) is 1.74. The Morgan fingerprint density at radius 2 is 2.19 bits per heavy atom. The first-order valence-corrected chi connectivity index (χ1v) is 8.71. The van der Waals surface area contributed by atoms with E-state index in [1.165, 1.54) is 6.07 Å². The van der Waals surface area contributed by atoms with Crippen molar-refractivity contribution in [3.8, 4) is 5.75 Å². The van der Waals surface area contributed by atoms with Crippen molar-refractivity contribution >= 4 is 29.9 Å². The molecule has 1 aromatic rings. The van der Waals surface area contributed by atoms with Gasteiger partial charge in [0.05, 0.1) is 6.61 Å². The Kier molecular flexibility index (Phi) is 7.61. The van der Waals surface area contributed by atoms with Gasteiger partial charge in [0.15, 0.2) is 12.6 Å². The smallest absolute Gasteiger partial charge is 0.422 e. The number of guanidine groups is 1. The van der Waals surface area contributed by atoms with Gasteiger partial charge >= 0.3 is 6.18 Å². The van der Waals surface area contributed by atoms with Gasteiger partial charge in [-0.15, -0.1) is 24.0 Å². The molecule has 1 N–H and O–H groups in total. The molecule has 2 heterocycles. The molecule has 1 aromatic carbocycles. The molecule has 2 aliphatic heterocycles. The maximum atomic E-state index is 12.3. The molecule has 2 fully saturated rings. The summed E-state index contributed by atoms with van der Waals surface area (Å²) >= 11 is 0. The van der Waals surface area contributed by atoms with E-state index in [0.29, 0.717) is 6.54 Å². The summed E-state index contributed by atoms with van der Waals surface area (Å²) in [4.78, 5) is 6.56. The second kappa shape index (κ2) is 9.31. The largest absolute Gasteiger partial charge is 0.484 e. The molecule has 27 heavy (non-hydrogen) atoms. The summed E-state index contributed by atoms with van der Waals surface area (Å²) in [6.07, 6.45) is -2.17. The molecule has 0 amide bonds. The van der Waals surface area contributed by atoms with Gasteiger partial charge in [-0.3, -0.25) is 4.99 Å². The quantitative estimate of drug-likeness (QED) is 0.392. The molecular formula is C18H25F3IN3O2. The van der Waals surface area contributed by atoms with E-state index in [1.54, 1.807) is 19.2 Å². The number of benzene rings is 1. The molecule has 0 radical (unpaired) electrons. The molecule has 1 spiro atoms. The van der Waals surface area contributed by atoms with Gasteiger partial charge < -0.3 is 19.7 Å². The lowest BCUT2D eigenvalue weighted by Gasteiger charge is -2.25. The van der Waals surface area contributed by atoms with E-state index in [1.807, 2.05) is 6.07 Å². The van der Waals surface area contributed by atoms with Crippen molar-refractivity contribution in [2.75, 3.05) is 40.0 Å². The Morgan fingerprint density at radius 3 is 2.85 bits per heavy atom. The van der Waals surface area contributed by atoms with Gasteiger partial charge in [-0.05, 0) is 30.5 Å². The van der Waals surface area contributed by atoms with Crippen molar-refractivity contribution in [2.45, 2.75) is 25.6 Å². The Morgan fingerprint density at radius 1 is 1.37 bits per heavy atom. The first-order valence-electron chi connectivity index (χ1n) is 8.71. The summed E-state index contributed by atoms with van der Waals surface area (Å²) in [6.45, 7) is 2.65. The van der Waals surface area contributed by atoms with Gasteiger partial charge in [0, 0.05) is 38.7 Å². The fourth-order valence-electron chi connectivity index (χ4n) is 3.51. The molecule has 152 valence electrons. The number of nitrogens with zero attached hydrogens (tertiary/aromatic N) is 2. The van der Waals surface area contributed by atoms with Crippen LogP contribution in [0.15, 0.2) is 29.3 Å². The number of rotatable bonds is 4. The van der Waals surface area contributed by atoms with Crippen molar-refractivity contribution in [3.63, 3.8) is 0 Å². The third-order valence-electron chi connectivity index (χ3n) is 4.89. The van der Waals surface area contributed by atoms with Gasteiger partial charge in [0.1, 0.15) is 5.75 Å². The summed E-state index contributed by atoms with van der Waals surface area (Å²) in [6, 6.07) is 6.67. The van der Waals surface area contributed by atoms with Crippen molar-refractivity contribution in [3.05, 3.63) is 29.8 Å². The average Bonchev–Trinajstić information content (AvgIpc) is 3.24. The molecule has 5 nitrogen and oxygen atoms in total. The van der Waals surface area contributed by atoms with Crippen LogP contribution in [0.3, 0.4) is 0 Å². The monoisotopic (exact) mass is 499 g/mol. The lowest BCUT2D eigenvalue weighted by molar-refractivity contribution is -0.153. The number of likely N-dealkylation sites (tertiary alicyclic amines) is 1. The van der Waals surface area contributed by atoms with E-state index < -0.39 is 12.8 Å². The Labute approximate surface area is 174 Å². The number of aliphatic imine (C=N–C) groups is 1. The molecule has 9 heteroatoms. The Bertz CT molecular complexity index is 649. The van der Waals surface area contributed by atoms with E-state index >= 15 is 0 Å². The van der Waals surface area contributed by atoms with Crippen LogP contribution < -0.4 is 10.1 Å². The summed E-state index contributed by atoms with van der Waals surface area (Å²) in [5, 5.41) is 3.29. The highest BCUT2D eigenvalue weighted by Gasteiger charge is 2.42. The van der Waals surface area contributed by atoms with Crippen molar-refractivity contribution < 1.29 is 22.6 Å². The molecule has 0 saturated carbocycles. The average molecular weight is 499 g/mol. The van der Waals surface area contributed by atoms with Crippen LogP contribution >= 0.6 is 24.0 Å². The fourth-order valence-corrected chi connectivity index (χ4v) is 3.51. The van der Waals surface area contributed by atoms with E-state index in [0.717, 1.165) is 50.7 Å². The maximum absolute atomic E-state index is 12.3. The number of halogens is 4. The standard InChI is InChI=1S/C18H24F3N3O2.HI/c1-22-16(24-7-5-17(11-24)6-8-25-12-17)23-10-14-3-2-4-15(9-14)26-13-18(19,20)21;/h2-4,9H,5-8,10-13H2,1H3,(H,22,23);1H. The van der Waals surface area contributed by atoms with Gasteiger partial charge in [-0.2, -0.15) is 13.2 Å². The predicted octanol–water partition coefficient (Wildman–Crippen LogP) is 3.43. The van der Waals surface area contributed by atoms with Gasteiger partial charge in [-0.25, -0.2) is 0 Å². The van der Waals surface area contributed by atoms with Crippen LogP contribution in [0.2, 0.25) is 0 Å². The summed E-state index contributed by atoms with van der Waals surface area (Å²) < 4.78 is 47.2. The molecule has 3 rings (SSSR count). The van der Waals surface area contributed by atoms with Crippen LogP contribution in [-0.4, -0.2) is 57.0 Å². The third kappa shape index (κ3) is 6.13. The van der Waals surface area contributed by atoms with Crippen molar-refractivity contribution in [1.82, 2.24) is 10.2 Å². The fraction of sp³-hybridized carbons (Fsp3) is 0.611. The number of alkyl halides is 3. The highest BCUT2D eigenvalue weighted by Crippen LogP contribution is 2.38. The second-order valence-corrected chi connectivity index (χ2v) is 6.93. The number of hydrogen-bond donors (Lipinski definition) is 1. The van der Waals surface area contributed by atoms with E-state index in [2.05, 4.69) is 15.2 Å². The number of ether oxygens (including phenoxy) is 2. The zero-order valence-corrected chi connectivity index (χ0v) is 17.5. The molecule has 0 bridgehead atoms. The zero-order valence-electron chi connectivity index (χ0n) is 15.2. The van der Waals surface area contributed by atoms with Crippen LogP contribution in [0.5, 0.6) is 5.75 Å². The van der Waals surface area contributed by atoms with E-state index in [4.69, 9.17) is 9.47 Å². The molecule has 2 aliphatic rings. The van der Waals surface area contributed by atoms with Crippen LogP contribution in [0.25, 0.3) is 0 Å². The van der Waals surface area contributed by atoms with Gasteiger partial charge in [0.2, 0.25) is 0 Å².